The molecule has 1 atom stereocenters. The van der Waals surface area contributed by atoms with Gasteiger partial charge in [-0.2, -0.15) is 5.10 Å². The van der Waals surface area contributed by atoms with Crippen molar-refractivity contribution < 1.29 is 9.90 Å². The molecule has 162 valence electrons. The molecule has 1 amide bonds. The molecular weight excluding hydrogens is 388 g/mol. The molecule has 1 aliphatic heterocycles. The number of β-amino-alcohol motifs (C(OH)–C–C–N with tert-alkyl or cyclic N) is 1. The van der Waals surface area contributed by atoms with Gasteiger partial charge in [-0.1, -0.05) is 36.4 Å². The Bertz CT molecular complexity index is 1040. The maximum atomic E-state index is 13.2. The van der Waals surface area contributed by atoms with E-state index in [0.29, 0.717) is 25.2 Å². The van der Waals surface area contributed by atoms with Crippen molar-refractivity contribution in [1.82, 2.24) is 19.6 Å². The highest BCUT2D eigenvalue weighted by atomic mass is 16.3. The molecule has 1 saturated heterocycles. The maximum Gasteiger partial charge on any atom is 0.254 e. The second kappa shape index (κ2) is 8.65. The number of aliphatic hydroxyl groups is 1. The molecule has 1 N–H and O–H groups in total. The van der Waals surface area contributed by atoms with Crippen LogP contribution in [0.25, 0.3) is 16.9 Å². The van der Waals surface area contributed by atoms with Crippen molar-refractivity contribution in [2.45, 2.75) is 32.4 Å². The normalized spacial score (nSPS) is 17.7. The minimum absolute atomic E-state index is 0.0324. The molecule has 0 aliphatic carbocycles. The fourth-order valence-corrected chi connectivity index (χ4v) is 4.20. The van der Waals surface area contributed by atoms with Crippen LogP contribution in [0.15, 0.2) is 66.9 Å². The number of carbonyl (C=O) groups is 1. The van der Waals surface area contributed by atoms with Gasteiger partial charge in [0.25, 0.3) is 5.91 Å². The quantitative estimate of drug-likeness (QED) is 0.689. The Labute approximate surface area is 183 Å². The van der Waals surface area contributed by atoms with E-state index in [9.17, 15) is 9.90 Å². The Morgan fingerprint density at radius 3 is 2.58 bits per heavy atom. The van der Waals surface area contributed by atoms with Gasteiger partial charge in [-0.15, -0.1) is 0 Å². The van der Waals surface area contributed by atoms with Crippen LogP contribution < -0.4 is 0 Å². The second-order valence-corrected chi connectivity index (χ2v) is 8.93. The monoisotopic (exact) mass is 418 g/mol. The van der Waals surface area contributed by atoms with E-state index in [2.05, 4.69) is 29.1 Å². The second-order valence-electron chi connectivity index (χ2n) is 8.93. The largest absolute Gasteiger partial charge is 0.389 e. The summed E-state index contributed by atoms with van der Waals surface area (Å²) in [6.45, 7) is 8.42. The number of hydrogen-bond donors (Lipinski definition) is 1. The standard InChI is InChI=1S/C25H30N4O2/c1-19-17-27(14-15-28(19)18-25(2,3)31)24(30)21-10-7-11-22(16-21)29-23(12-13-26-29)20-8-5-4-6-9-20/h4-13,16,19,31H,14-15,17-18H2,1-3H3/t19-/m1/s1. The molecule has 0 spiro atoms. The van der Waals surface area contributed by atoms with Crippen LogP contribution in [0.3, 0.4) is 0 Å². The summed E-state index contributed by atoms with van der Waals surface area (Å²) in [5.41, 5.74) is 2.85. The molecule has 6 heteroatoms. The lowest BCUT2D eigenvalue weighted by Gasteiger charge is -2.42. The first kappa shape index (κ1) is 21.3. The molecular formula is C25H30N4O2. The zero-order valence-corrected chi connectivity index (χ0v) is 18.4. The summed E-state index contributed by atoms with van der Waals surface area (Å²) in [6.07, 6.45) is 1.78. The van der Waals surface area contributed by atoms with Crippen LogP contribution in [0, 0.1) is 0 Å². The highest BCUT2D eigenvalue weighted by molar-refractivity contribution is 5.95. The molecule has 4 rings (SSSR count). The van der Waals surface area contributed by atoms with Crippen LogP contribution >= 0.6 is 0 Å². The van der Waals surface area contributed by atoms with E-state index < -0.39 is 5.60 Å². The molecule has 0 radical (unpaired) electrons. The predicted molar refractivity (Wildman–Crippen MR) is 122 cm³/mol. The summed E-state index contributed by atoms with van der Waals surface area (Å²) in [7, 11) is 0. The predicted octanol–water partition coefficient (Wildman–Crippen LogP) is 3.46. The summed E-state index contributed by atoms with van der Waals surface area (Å²) in [6, 6.07) is 19.9. The van der Waals surface area contributed by atoms with Gasteiger partial charge < -0.3 is 10.0 Å². The highest BCUT2D eigenvalue weighted by Gasteiger charge is 2.30. The molecule has 0 saturated carbocycles. The zero-order chi connectivity index (χ0) is 22.0. The molecule has 3 aromatic rings. The van der Waals surface area contributed by atoms with Crippen molar-refractivity contribution in [3.8, 4) is 16.9 Å². The average Bonchev–Trinajstić information content (AvgIpc) is 3.24. The van der Waals surface area contributed by atoms with Gasteiger partial charge in [0.2, 0.25) is 0 Å². The number of nitrogens with zero attached hydrogens (tertiary/aromatic N) is 4. The fraction of sp³-hybridized carbons (Fsp3) is 0.360. The van der Waals surface area contributed by atoms with Crippen LogP contribution in [0.2, 0.25) is 0 Å². The molecule has 6 nitrogen and oxygen atoms in total. The summed E-state index contributed by atoms with van der Waals surface area (Å²) < 4.78 is 1.87. The number of rotatable bonds is 5. The van der Waals surface area contributed by atoms with E-state index in [1.807, 2.05) is 72.0 Å². The number of piperazine rings is 1. The lowest BCUT2D eigenvalue weighted by atomic mass is 10.1. The molecule has 31 heavy (non-hydrogen) atoms. The summed E-state index contributed by atoms with van der Waals surface area (Å²) in [4.78, 5) is 17.4. The van der Waals surface area contributed by atoms with Gasteiger partial charge in [-0.05, 0) is 45.0 Å². The fourth-order valence-electron chi connectivity index (χ4n) is 4.20. The number of amides is 1. The molecule has 0 unspecified atom stereocenters. The van der Waals surface area contributed by atoms with Gasteiger partial charge in [0.15, 0.2) is 0 Å². The van der Waals surface area contributed by atoms with Crippen LogP contribution in [-0.2, 0) is 0 Å². The molecule has 2 aromatic carbocycles. The number of benzene rings is 2. The van der Waals surface area contributed by atoms with Crippen molar-refractivity contribution in [2.75, 3.05) is 26.2 Å². The van der Waals surface area contributed by atoms with Gasteiger partial charge in [0.05, 0.1) is 23.2 Å². The summed E-state index contributed by atoms with van der Waals surface area (Å²) in [5.74, 6) is 0.0324. The maximum absolute atomic E-state index is 13.2. The van der Waals surface area contributed by atoms with E-state index in [1.165, 1.54) is 0 Å². The first-order chi connectivity index (χ1) is 14.8. The van der Waals surface area contributed by atoms with E-state index in [4.69, 9.17) is 0 Å². The zero-order valence-electron chi connectivity index (χ0n) is 18.4. The average molecular weight is 419 g/mol. The number of hydrogen-bond acceptors (Lipinski definition) is 4. The van der Waals surface area contributed by atoms with E-state index >= 15 is 0 Å². The van der Waals surface area contributed by atoms with Crippen LogP contribution in [0.1, 0.15) is 31.1 Å². The third kappa shape index (κ3) is 4.86. The number of carbonyl (C=O) groups excluding carboxylic acids is 1. The lowest BCUT2D eigenvalue weighted by molar-refractivity contribution is -0.00143. The highest BCUT2D eigenvalue weighted by Crippen LogP contribution is 2.23. The first-order valence-electron chi connectivity index (χ1n) is 10.8. The minimum Gasteiger partial charge on any atom is -0.389 e. The van der Waals surface area contributed by atoms with E-state index in [0.717, 1.165) is 23.5 Å². The Kier molecular flexibility index (Phi) is 5.94. The van der Waals surface area contributed by atoms with E-state index in [1.54, 1.807) is 6.20 Å². The van der Waals surface area contributed by atoms with Crippen molar-refractivity contribution in [1.29, 1.82) is 0 Å². The number of aromatic nitrogens is 2. The lowest BCUT2D eigenvalue weighted by Crippen LogP contribution is -2.56. The minimum atomic E-state index is -0.741. The topological polar surface area (TPSA) is 61.6 Å². The van der Waals surface area contributed by atoms with Crippen molar-refractivity contribution >= 4 is 5.91 Å². The van der Waals surface area contributed by atoms with Crippen molar-refractivity contribution in [3.05, 3.63) is 72.4 Å². The molecule has 1 fully saturated rings. The van der Waals surface area contributed by atoms with Gasteiger partial charge in [0, 0.05) is 43.3 Å². The molecule has 0 bridgehead atoms. The Balaban J connectivity index is 1.52. The van der Waals surface area contributed by atoms with Crippen LogP contribution in [0.5, 0.6) is 0 Å². The smallest absolute Gasteiger partial charge is 0.254 e. The summed E-state index contributed by atoms with van der Waals surface area (Å²) in [5, 5.41) is 14.6. The first-order valence-corrected chi connectivity index (χ1v) is 10.8. The van der Waals surface area contributed by atoms with E-state index in [-0.39, 0.29) is 11.9 Å². The molecule has 1 aromatic heterocycles. The van der Waals surface area contributed by atoms with Gasteiger partial charge in [-0.25, -0.2) is 4.68 Å². The summed E-state index contributed by atoms with van der Waals surface area (Å²) >= 11 is 0. The SMILES string of the molecule is C[C@@H]1CN(C(=O)c2cccc(-n3nccc3-c3ccccc3)c2)CCN1CC(C)(C)O. The van der Waals surface area contributed by atoms with Gasteiger partial charge >= 0.3 is 0 Å². The molecule has 2 heterocycles. The third-order valence-electron chi connectivity index (χ3n) is 5.69. The van der Waals surface area contributed by atoms with Crippen LogP contribution in [0.4, 0.5) is 0 Å². The van der Waals surface area contributed by atoms with Gasteiger partial charge in [-0.3, -0.25) is 9.69 Å². The van der Waals surface area contributed by atoms with Gasteiger partial charge in [0.1, 0.15) is 0 Å². The Morgan fingerprint density at radius 1 is 1.10 bits per heavy atom. The van der Waals surface area contributed by atoms with Crippen molar-refractivity contribution in [2.24, 2.45) is 0 Å². The molecule has 1 aliphatic rings. The van der Waals surface area contributed by atoms with Crippen LogP contribution in [-0.4, -0.2) is 68.4 Å². The Morgan fingerprint density at radius 2 is 1.87 bits per heavy atom. The Hall–Kier alpha value is -2.96. The van der Waals surface area contributed by atoms with Crippen molar-refractivity contribution in [3.63, 3.8) is 0 Å². The third-order valence-corrected chi connectivity index (χ3v) is 5.69.